The van der Waals surface area contributed by atoms with E-state index in [4.69, 9.17) is 14.2 Å². The predicted molar refractivity (Wildman–Crippen MR) is 84.7 cm³/mol. The van der Waals surface area contributed by atoms with Crippen molar-refractivity contribution < 1.29 is 14.2 Å². The standard InChI is InChI=1S/C15H24BrNO3/c1-11(2)8-17-9-13(10-18-3)20-15-6-5-12(19-4)7-14(15)16/h5-7,11,13,17H,8-10H2,1-4H3. The average Bonchev–Trinajstić information content (AvgIpc) is 2.40. The van der Waals surface area contributed by atoms with Gasteiger partial charge in [0.1, 0.15) is 17.6 Å². The molecule has 0 saturated carbocycles. The molecule has 4 nitrogen and oxygen atoms in total. The van der Waals surface area contributed by atoms with Crippen LogP contribution in [0.3, 0.4) is 0 Å². The summed E-state index contributed by atoms with van der Waals surface area (Å²) in [5.41, 5.74) is 0. The molecule has 0 bridgehead atoms. The van der Waals surface area contributed by atoms with Crippen LogP contribution < -0.4 is 14.8 Å². The Labute approximate surface area is 129 Å². The molecular weight excluding hydrogens is 322 g/mol. The number of ether oxygens (including phenoxy) is 3. The third kappa shape index (κ3) is 6.11. The molecule has 0 amide bonds. The van der Waals surface area contributed by atoms with Crippen LogP contribution in [0, 0.1) is 5.92 Å². The molecule has 1 unspecified atom stereocenters. The molecule has 0 fully saturated rings. The number of benzene rings is 1. The average molecular weight is 346 g/mol. The van der Waals surface area contributed by atoms with E-state index in [-0.39, 0.29) is 6.10 Å². The van der Waals surface area contributed by atoms with Crippen molar-refractivity contribution in [3.8, 4) is 11.5 Å². The maximum atomic E-state index is 5.98. The summed E-state index contributed by atoms with van der Waals surface area (Å²) < 4.78 is 17.2. The van der Waals surface area contributed by atoms with Crippen molar-refractivity contribution in [2.75, 3.05) is 33.9 Å². The molecule has 1 aromatic rings. The number of hydrogen-bond donors (Lipinski definition) is 1. The van der Waals surface area contributed by atoms with Crippen molar-refractivity contribution in [2.24, 2.45) is 5.92 Å². The lowest BCUT2D eigenvalue weighted by molar-refractivity contribution is 0.0797. The van der Waals surface area contributed by atoms with Crippen LogP contribution in [0.4, 0.5) is 0 Å². The summed E-state index contributed by atoms with van der Waals surface area (Å²) in [6.45, 7) is 6.62. The molecule has 0 aliphatic heterocycles. The first-order chi connectivity index (χ1) is 9.56. The second kappa shape index (κ2) is 9.21. The van der Waals surface area contributed by atoms with Crippen LogP contribution in [-0.4, -0.2) is 40.0 Å². The molecule has 5 heteroatoms. The number of methoxy groups -OCH3 is 2. The Morgan fingerprint density at radius 2 is 1.95 bits per heavy atom. The highest BCUT2D eigenvalue weighted by Gasteiger charge is 2.13. The Hall–Kier alpha value is -0.780. The molecule has 1 aromatic carbocycles. The van der Waals surface area contributed by atoms with E-state index in [9.17, 15) is 0 Å². The SMILES string of the molecule is COCC(CNCC(C)C)Oc1ccc(OC)cc1Br. The summed E-state index contributed by atoms with van der Waals surface area (Å²) in [7, 11) is 3.33. The van der Waals surface area contributed by atoms with Gasteiger partial charge in [-0.25, -0.2) is 0 Å². The van der Waals surface area contributed by atoms with Gasteiger partial charge in [-0.2, -0.15) is 0 Å². The van der Waals surface area contributed by atoms with E-state index in [1.54, 1.807) is 14.2 Å². The quantitative estimate of drug-likeness (QED) is 0.746. The van der Waals surface area contributed by atoms with E-state index >= 15 is 0 Å². The molecule has 114 valence electrons. The van der Waals surface area contributed by atoms with Gasteiger partial charge in [-0.3, -0.25) is 0 Å². The molecule has 0 spiro atoms. The van der Waals surface area contributed by atoms with Crippen molar-refractivity contribution in [3.05, 3.63) is 22.7 Å². The highest BCUT2D eigenvalue weighted by atomic mass is 79.9. The first kappa shape index (κ1) is 17.3. The monoisotopic (exact) mass is 345 g/mol. The van der Waals surface area contributed by atoms with Gasteiger partial charge < -0.3 is 19.5 Å². The van der Waals surface area contributed by atoms with E-state index in [1.165, 1.54) is 0 Å². The molecule has 20 heavy (non-hydrogen) atoms. The van der Waals surface area contributed by atoms with Crippen LogP contribution in [-0.2, 0) is 4.74 Å². The molecule has 0 radical (unpaired) electrons. The van der Waals surface area contributed by atoms with E-state index in [1.807, 2.05) is 18.2 Å². The van der Waals surface area contributed by atoms with Gasteiger partial charge in [0.05, 0.1) is 18.2 Å². The zero-order valence-electron chi connectivity index (χ0n) is 12.6. The Morgan fingerprint density at radius 1 is 1.20 bits per heavy atom. The summed E-state index contributed by atoms with van der Waals surface area (Å²) in [5.74, 6) is 2.20. The highest BCUT2D eigenvalue weighted by Crippen LogP contribution is 2.29. The Kier molecular flexibility index (Phi) is 7.95. The van der Waals surface area contributed by atoms with Gasteiger partial charge in [0.25, 0.3) is 0 Å². The number of nitrogens with one attached hydrogen (secondary N) is 1. The molecule has 0 saturated heterocycles. The zero-order valence-corrected chi connectivity index (χ0v) is 14.2. The number of halogens is 1. The first-order valence-corrected chi connectivity index (χ1v) is 7.56. The molecule has 1 rings (SSSR count). The normalized spacial score (nSPS) is 12.5. The van der Waals surface area contributed by atoms with Gasteiger partial charge in [0.15, 0.2) is 0 Å². The summed E-state index contributed by atoms with van der Waals surface area (Å²) in [4.78, 5) is 0. The van der Waals surface area contributed by atoms with Crippen molar-refractivity contribution in [2.45, 2.75) is 20.0 Å². The lowest BCUT2D eigenvalue weighted by Crippen LogP contribution is -2.36. The van der Waals surface area contributed by atoms with Crippen LogP contribution in [0.5, 0.6) is 11.5 Å². The molecular formula is C15H24BrNO3. The Morgan fingerprint density at radius 3 is 2.50 bits per heavy atom. The zero-order chi connectivity index (χ0) is 15.0. The Balaban J connectivity index is 2.60. The first-order valence-electron chi connectivity index (χ1n) is 6.76. The van der Waals surface area contributed by atoms with E-state index < -0.39 is 0 Å². The largest absolute Gasteiger partial charge is 0.497 e. The van der Waals surface area contributed by atoms with Crippen LogP contribution in [0.15, 0.2) is 22.7 Å². The lowest BCUT2D eigenvalue weighted by atomic mass is 10.2. The van der Waals surface area contributed by atoms with Gasteiger partial charge >= 0.3 is 0 Å². The second-order valence-electron chi connectivity index (χ2n) is 5.04. The lowest BCUT2D eigenvalue weighted by Gasteiger charge is -2.20. The van der Waals surface area contributed by atoms with Gasteiger partial charge in [0, 0.05) is 13.7 Å². The van der Waals surface area contributed by atoms with Crippen LogP contribution in [0.25, 0.3) is 0 Å². The minimum absolute atomic E-state index is 0.0246. The van der Waals surface area contributed by atoms with Gasteiger partial charge in [0.2, 0.25) is 0 Å². The Bertz CT molecular complexity index is 399. The highest BCUT2D eigenvalue weighted by molar-refractivity contribution is 9.10. The minimum atomic E-state index is -0.0246. The maximum Gasteiger partial charge on any atom is 0.134 e. The molecule has 0 heterocycles. The van der Waals surface area contributed by atoms with Crippen LogP contribution in [0.1, 0.15) is 13.8 Å². The molecule has 0 aromatic heterocycles. The van der Waals surface area contributed by atoms with Crippen molar-refractivity contribution in [3.63, 3.8) is 0 Å². The van der Waals surface area contributed by atoms with Gasteiger partial charge in [-0.15, -0.1) is 0 Å². The molecule has 1 N–H and O–H groups in total. The van der Waals surface area contributed by atoms with Crippen molar-refractivity contribution in [1.29, 1.82) is 0 Å². The number of rotatable bonds is 9. The smallest absolute Gasteiger partial charge is 0.134 e. The molecule has 0 aliphatic rings. The summed E-state index contributed by atoms with van der Waals surface area (Å²) in [5, 5.41) is 3.39. The van der Waals surface area contributed by atoms with E-state index in [0.717, 1.165) is 29.1 Å². The van der Waals surface area contributed by atoms with Gasteiger partial charge in [-0.1, -0.05) is 13.8 Å². The number of hydrogen-bond acceptors (Lipinski definition) is 4. The minimum Gasteiger partial charge on any atom is -0.497 e. The molecule has 1 atom stereocenters. The fourth-order valence-corrected chi connectivity index (χ4v) is 2.19. The van der Waals surface area contributed by atoms with E-state index in [2.05, 4.69) is 35.1 Å². The fourth-order valence-electron chi connectivity index (χ4n) is 1.74. The predicted octanol–water partition coefficient (Wildman–Crippen LogP) is 3.10. The van der Waals surface area contributed by atoms with E-state index in [0.29, 0.717) is 12.5 Å². The summed E-state index contributed by atoms with van der Waals surface area (Å²) >= 11 is 3.49. The molecule has 0 aliphatic carbocycles. The van der Waals surface area contributed by atoms with Crippen LogP contribution in [0.2, 0.25) is 0 Å². The summed E-state index contributed by atoms with van der Waals surface area (Å²) in [6, 6.07) is 5.67. The fraction of sp³-hybridized carbons (Fsp3) is 0.600. The third-order valence-electron chi connectivity index (χ3n) is 2.71. The summed E-state index contributed by atoms with van der Waals surface area (Å²) in [6.07, 6.45) is -0.0246. The second-order valence-corrected chi connectivity index (χ2v) is 5.90. The van der Waals surface area contributed by atoms with Crippen LogP contribution >= 0.6 is 15.9 Å². The third-order valence-corrected chi connectivity index (χ3v) is 3.33. The van der Waals surface area contributed by atoms with Crippen molar-refractivity contribution in [1.82, 2.24) is 5.32 Å². The maximum absolute atomic E-state index is 5.98. The van der Waals surface area contributed by atoms with Crippen molar-refractivity contribution >= 4 is 15.9 Å². The van der Waals surface area contributed by atoms with Gasteiger partial charge in [-0.05, 0) is 46.6 Å². The topological polar surface area (TPSA) is 39.7 Å².